The van der Waals surface area contributed by atoms with Crippen LogP contribution >= 0.6 is 0 Å². The summed E-state index contributed by atoms with van der Waals surface area (Å²) in [4.78, 5) is 9.96. The minimum absolute atomic E-state index is 1.01. The van der Waals surface area contributed by atoms with Crippen LogP contribution in [0.15, 0.2) is 12.5 Å². The molecule has 0 aliphatic heterocycles. The fourth-order valence-corrected chi connectivity index (χ4v) is 0.822. The molecule has 1 rings (SSSR count). The van der Waals surface area contributed by atoms with Gasteiger partial charge >= 0.3 is 0 Å². The summed E-state index contributed by atoms with van der Waals surface area (Å²) in [5, 5.41) is 0. The molecule has 54 valence electrons. The number of hydrogen-bond donors (Lipinski definition) is 0. The van der Waals surface area contributed by atoms with Gasteiger partial charge in [-0.05, 0) is 6.92 Å². The number of hydrogen-bond acceptors (Lipinski definition) is 3. The number of anilines is 1. The summed E-state index contributed by atoms with van der Waals surface area (Å²) in [6.07, 6.45) is 3.37. The van der Waals surface area contributed by atoms with E-state index >= 15 is 0 Å². The summed E-state index contributed by atoms with van der Waals surface area (Å²) in [5.74, 6) is 0. The summed E-state index contributed by atoms with van der Waals surface area (Å²) in [5.41, 5.74) is 2.09. The Labute approximate surface area is 60.7 Å². The van der Waals surface area contributed by atoms with Crippen molar-refractivity contribution in [3.63, 3.8) is 0 Å². The van der Waals surface area contributed by atoms with E-state index in [1.165, 1.54) is 0 Å². The van der Waals surface area contributed by atoms with Crippen LogP contribution in [0.5, 0.6) is 0 Å². The standard InChI is InChI=1S/C7H11N3/c1-6-7(10(2)3)4-8-5-9-6/h4-5H,1-3H3. The van der Waals surface area contributed by atoms with Crippen LogP contribution in [-0.2, 0) is 0 Å². The van der Waals surface area contributed by atoms with E-state index in [1.807, 2.05) is 32.1 Å². The smallest absolute Gasteiger partial charge is 0.115 e. The van der Waals surface area contributed by atoms with Crippen molar-refractivity contribution in [3.05, 3.63) is 18.2 Å². The second-order valence-corrected chi connectivity index (χ2v) is 2.39. The zero-order chi connectivity index (χ0) is 7.56. The first kappa shape index (κ1) is 6.99. The van der Waals surface area contributed by atoms with Gasteiger partial charge in [-0.15, -0.1) is 0 Å². The molecule has 0 unspecified atom stereocenters. The van der Waals surface area contributed by atoms with Gasteiger partial charge in [0, 0.05) is 14.1 Å². The van der Waals surface area contributed by atoms with Crippen molar-refractivity contribution in [1.82, 2.24) is 9.97 Å². The average molecular weight is 137 g/mol. The molecule has 0 N–H and O–H groups in total. The lowest BCUT2D eigenvalue weighted by Crippen LogP contribution is -2.11. The van der Waals surface area contributed by atoms with Crippen molar-refractivity contribution >= 4 is 5.69 Å². The van der Waals surface area contributed by atoms with Crippen molar-refractivity contribution in [2.45, 2.75) is 6.92 Å². The Kier molecular flexibility index (Phi) is 1.85. The Morgan fingerprint density at radius 1 is 1.40 bits per heavy atom. The predicted octanol–water partition coefficient (Wildman–Crippen LogP) is 0.851. The third kappa shape index (κ3) is 1.23. The van der Waals surface area contributed by atoms with Crippen LogP contribution in [0.1, 0.15) is 5.69 Å². The highest BCUT2D eigenvalue weighted by atomic mass is 15.1. The molecule has 0 saturated heterocycles. The summed E-state index contributed by atoms with van der Waals surface area (Å²) >= 11 is 0. The monoisotopic (exact) mass is 137 g/mol. The maximum absolute atomic E-state index is 4.05. The molecule has 1 aromatic rings. The van der Waals surface area contributed by atoms with E-state index in [-0.39, 0.29) is 0 Å². The maximum atomic E-state index is 4.05. The minimum Gasteiger partial charge on any atom is -0.375 e. The lowest BCUT2D eigenvalue weighted by Gasteiger charge is -2.12. The number of nitrogens with zero attached hydrogens (tertiary/aromatic N) is 3. The highest BCUT2D eigenvalue weighted by molar-refractivity contribution is 5.45. The third-order valence-corrected chi connectivity index (χ3v) is 1.37. The van der Waals surface area contributed by atoms with Crippen LogP contribution < -0.4 is 4.90 Å². The molecule has 0 aromatic carbocycles. The van der Waals surface area contributed by atoms with E-state index in [4.69, 9.17) is 0 Å². The number of aromatic nitrogens is 2. The van der Waals surface area contributed by atoms with E-state index in [1.54, 1.807) is 6.33 Å². The van der Waals surface area contributed by atoms with E-state index in [0.29, 0.717) is 0 Å². The SMILES string of the molecule is Cc1ncncc1N(C)C. The molecule has 0 radical (unpaired) electrons. The Balaban J connectivity index is 3.03. The average Bonchev–Trinajstić information content (AvgIpc) is 1.88. The molecule has 0 bridgehead atoms. The Bertz CT molecular complexity index is 220. The fourth-order valence-electron chi connectivity index (χ4n) is 0.822. The molecule has 1 aromatic heterocycles. The fraction of sp³-hybridized carbons (Fsp3) is 0.429. The maximum Gasteiger partial charge on any atom is 0.115 e. The van der Waals surface area contributed by atoms with Gasteiger partial charge in [0.15, 0.2) is 0 Å². The summed E-state index contributed by atoms with van der Waals surface area (Å²) < 4.78 is 0. The highest BCUT2D eigenvalue weighted by Crippen LogP contribution is 2.10. The molecule has 0 atom stereocenters. The van der Waals surface area contributed by atoms with Crippen molar-refractivity contribution in [2.24, 2.45) is 0 Å². The van der Waals surface area contributed by atoms with Gasteiger partial charge in [-0.25, -0.2) is 9.97 Å². The molecule has 3 nitrogen and oxygen atoms in total. The van der Waals surface area contributed by atoms with Gasteiger partial charge in [0.2, 0.25) is 0 Å². The molecule has 0 saturated carbocycles. The Morgan fingerprint density at radius 2 is 2.10 bits per heavy atom. The predicted molar refractivity (Wildman–Crippen MR) is 41.1 cm³/mol. The molecular formula is C7H11N3. The quantitative estimate of drug-likeness (QED) is 0.574. The lowest BCUT2D eigenvalue weighted by atomic mass is 10.3. The van der Waals surface area contributed by atoms with Crippen LogP contribution in [0.25, 0.3) is 0 Å². The molecule has 0 aliphatic rings. The van der Waals surface area contributed by atoms with Gasteiger partial charge in [0.25, 0.3) is 0 Å². The Hall–Kier alpha value is -1.12. The molecule has 0 fully saturated rings. The third-order valence-electron chi connectivity index (χ3n) is 1.37. The van der Waals surface area contributed by atoms with Gasteiger partial charge in [0.1, 0.15) is 6.33 Å². The Morgan fingerprint density at radius 3 is 2.50 bits per heavy atom. The van der Waals surface area contributed by atoms with E-state index in [2.05, 4.69) is 9.97 Å². The van der Waals surface area contributed by atoms with E-state index in [0.717, 1.165) is 11.4 Å². The normalized spacial score (nSPS) is 9.50. The van der Waals surface area contributed by atoms with Gasteiger partial charge in [-0.3, -0.25) is 0 Å². The first-order valence-corrected chi connectivity index (χ1v) is 3.15. The van der Waals surface area contributed by atoms with Crippen LogP contribution in [0.3, 0.4) is 0 Å². The molecule has 0 amide bonds. The summed E-state index contributed by atoms with van der Waals surface area (Å²) in [6, 6.07) is 0. The zero-order valence-electron chi connectivity index (χ0n) is 6.50. The van der Waals surface area contributed by atoms with Gasteiger partial charge in [-0.1, -0.05) is 0 Å². The molecule has 1 heterocycles. The van der Waals surface area contributed by atoms with E-state index in [9.17, 15) is 0 Å². The first-order chi connectivity index (χ1) is 4.72. The molecule has 0 aliphatic carbocycles. The van der Waals surface area contributed by atoms with Crippen LogP contribution in [0.4, 0.5) is 5.69 Å². The largest absolute Gasteiger partial charge is 0.375 e. The second kappa shape index (κ2) is 2.64. The number of rotatable bonds is 1. The minimum atomic E-state index is 1.01. The first-order valence-electron chi connectivity index (χ1n) is 3.15. The van der Waals surface area contributed by atoms with Gasteiger partial charge < -0.3 is 4.90 Å². The molecule has 3 heteroatoms. The summed E-state index contributed by atoms with van der Waals surface area (Å²) in [7, 11) is 3.96. The van der Waals surface area contributed by atoms with Crippen molar-refractivity contribution in [3.8, 4) is 0 Å². The second-order valence-electron chi connectivity index (χ2n) is 2.39. The molecule has 10 heavy (non-hydrogen) atoms. The van der Waals surface area contributed by atoms with Crippen LogP contribution in [-0.4, -0.2) is 24.1 Å². The van der Waals surface area contributed by atoms with Crippen molar-refractivity contribution in [2.75, 3.05) is 19.0 Å². The highest BCUT2D eigenvalue weighted by Gasteiger charge is 1.98. The van der Waals surface area contributed by atoms with Crippen LogP contribution in [0, 0.1) is 6.92 Å². The topological polar surface area (TPSA) is 29.0 Å². The summed E-state index contributed by atoms with van der Waals surface area (Å²) in [6.45, 7) is 1.97. The number of aryl methyl sites for hydroxylation is 1. The van der Waals surface area contributed by atoms with Crippen molar-refractivity contribution < 1.29 is 0 Å². The van der Waals surface area contributed by atoms with Gasteiger partial charge in [0.05, 0.1) is 17.6 Å². The molecular weight excluding hydrogens is 126 g/mol. The van der Waals surface area contributed by atoms with Crippen LogP contribution in [0.2, 0.25) is 0 Å². The lowest BCUT2D eigenvalue weighted by molar-refractivity contribution is 1.03. The van der Waals surface area contributed by atoms with E-state index < -0.39 is 0 Å². The van der Waals surface area contributed by atoms with Crippen molar-refractivity contribution in [1.29, 1.82) is 0 Å². The van der Waals surface area contributed by atoms with Gasteiger partial charge in [-0.2, -0.15) is 0 Å². The zero-order valence-corrected chi connectivity index (χ0v) is 6.50. The molecule has 0 spiro atoms.